The zero-order chi connectivity index (χ0) is 27.4. The number of fused-ring (bicyclic) bond motifs is 7. The fourth-order valence-corrected chi connectivity index (χ4v) is 8.02. The van der Waals surface area contributed by atoms with Crippen molar-refractivity contribution in [3.63, 3.8) is 0 Å². The SMILES string of the molecule is CCCC1(CC)c2cc(F)nc(F)c2-c2cc(CC3(C)CCCCC3)cc[n+]2C2OC(=O)C3CC=CC=[N+]3C21. The molecule has 1 aliphatic carbocycles. The zero-order valence-corrected chi connectivity index (χ0v) is 23.3. The lowest BCUT2D eigenvalue weighted by atomic mass is 9.66. The molecule has 3 aliphatic heterocycles. The second-order valence-corrected chi connectivity index (χ2v) is 12.3. The molecule has 2 aromatic heterocycles. The van der Waals surface area contributed by atoms with Gasteiger partial charge in [-0.05, 0) is 60.8 Å². The minimum Gasteiger partial charge on any atom is -0.391 e. The minimum absolute atomic E-state index is 0.196. The number of pyridine rings is 2. The number of allylic oxidation sites excluding steroid dienone is 1. The van der Waals surface area contributed by atoms with Crippen LogP contribution in [0.25, 0.3) is 11.3 Å². The summed E-state index contributed by atoms with van der Waals surface area (Å²) < 4.78 is 41.2. The van der Waals surface area contributed by atoms with Gasteiger partial charge in [0.1, 0.15) is 5.56 Å². The largest absolute Gasteiger partial charge is 0.391 e. The molecule has 0 N–H and O–H groups in total. The van der Waals surface area contributed by atoms with Crippen molar-refractivity contribution in [2.75, 3.05) is 0 Å². The van der Waals surface area contributed by atoms with Gasteiger partial charge in [-0.2, -0.15) is 18.3 Å². The van der Waals surface area contributed by atoms with Crippen LogP contribution in [-0.2, 0) is 21.4 Å². The number of rotatable bonds is 5. The Labute approximate surface area is 229 Å². The first-order valence-corrected chi connectivity index (χ1v) is 14.7. The number of hydrogen-bond acceptors (Lipinski definition) is 3. The number of esters is 1. The Morgan fingerprint density at radius 2 is 1.95 bits per heavy atom. The summed E-state index contributed by atoms with van der Waals surface area (Å²) in [6.45, 7) is 6.52. The molecule has 39 heavy (non-hydrogen) atoms. The van der Waals surface area contributed by atoms with E-state index in [1.54, 1.807) is 0 Å². The van der Waals surface area contributed by atoms with Crippen LogP contribution in [0.2, 0.25) is 0 Å². The molecule has 6 rings (SSSR count). The molecule has 4 atom stereocenters. The van der Waals surface area contributed by atoms with Crippen LogP contribution in [0.1, 0.15) is 95.9 Å². The smallest absolute Gasteiger partial charge is 0.380 e. The van der Waals surface area contributed by atoms with Gasteiger partial charge in [0.2, 0.25) is 17.6 Å². The fraction of sp³-hybridized carbons (Fsp3) is 0.562. The van der Waals surface area contributed by atoms with Gasteiger partial charge < -0.3 is 4.74 Å². The monoisotopic (exact) mass is 535 g/mol. The molecule has 1 saturated heterocycles. The summed E-state index contributed by atoms with van der Waals surface area (Å²) in [5.41, 5.74) is 2.20. The van der Waals surface area contributed by atoms with E-state index < -0.39 is 29.6 Å². The Morgan fingerprint density at radius 3 is 2.69 bits per heavy atom. The second-order valence-electron chi connectivity index (χ2n) is 12.3. The summed E-state index contributed by atoms with van der Waals surface area (Å²) in [5.74, 6) is -1.91. The van der Waals surface area contributed by atoms with Crippen molar-refractivity contribution in [1.29, 1.82) is 0 Å². The predicted molar refractivity (Wildman–Crippen MR) is 144 cm³/mol. The normalized spacial score (nSPS) is 28.8. The lowest BCUT2D eigenvalue weighted by Gasteiger charge is -2.41. The van der Waals surface area contributed by atoms with Crippen LogP contribution >= 0.6 is 0 Å². The van der Waals surface area contributed by atoms with Gasteiger partial charge in [0.25, 0.3) is 12.1 Å². The molecule has 0 aromatic carbocycles. The number of ether oxygens (including phenoxy) is 1. The van der Waals surface area contributed by atoms with Gasteiger partial charge in [0.05, 0.1) is 5.41 Å². The van der Waals surface area contributed by atoms with E-state index in [4.69, 9.17) is 4.74 Å². The third-order valence-corrected chi connectivity index (χ3v) is 9.86. The summed E-state index contributed by atoms with van der Waals surface area (Å²) in [4.78, 5) is 17.0. The minimum atomic E-state index is -0.817. The lowest BCUT2D eigenvalue weighted by molar-refractivity contribution is -0.802. The highest BCUT2D eigenvalue weighted by molar-refractivity contribution is 5.79. The van der Waals surface area contributed by atoms with E-state index in [2.05, 4.69) is 36.4 Å². The molecule has 2 fully saturated rings. The summed E-state index contributed by atoms with van der Waals surface area (Å²) in [6, 6.07) is 4.78. The van der Waals surface area contributed by atoms with Crippen molar-refractivity contribution in [1.82, 2.24) is 4.98 Å². The molecular formula is C32H39F2N3O2+2. The molecule has 5 nitrogen and oxygen atoms in total. The lowest BCUT2D eigenvalue weighted by Crippen LogP contribution is -2.65. The van der Waals surface area contributed by atoms with Crippen molar-refractivity contribution < 1.29 is 27.5 Å². The number of halogens is 2. The molecule has 4 unspecified atom stereocenters. The van der Waals surface area contributed by atoms with E-state index in [9.17, 15) is 9.18 Å². The molecule has 206 valence electrons. The van der Waals surface area contributed by atoms with Crippen LogP contribution in [0, 0.1) is 17.3 Å². The van der Waals surface area contributed by atoms with Crippen molar-refractivity contribution >= 4 is 12.2 Å². The molecule has 4 aliphatic rings. The first-order chi connectivity index (χ1) is 18.8. The first kappa shape index (κ1) is 26.3. The predicted octanol–water partition coefficient (Wildman–Crippen LogP) is 6.12. The van der Waals surface area contributed by atoms with Gasteiger partial charge in [-0.25, -0.2) is 9.37 Å². The van der Waals surface area contributed by atoms with Crippen LogP contribution in [0.5, 0.6) is 0 Å². The summed E-state index contributed by atoms with van der Waals surface area (Å²) in [5, 5.41) is 0. The molecule has 0 amide bonds. The van der Waals surface area contributed by atoms with Crippen molar-refractivity contribution in [2.45, 2.75) is 109 Å². The molecule has 0 bridgehead atoms. The summed E-state index contributed by atoms with van der Waals surface area (Å²) in [7, 11) is 0. The van der Waals surface area contributed by atoms with Crippen molar-refractivity contribution in [3.05, 3.63) is 59.6 Å². The maximum absolute atomic E-state index is 16.0. The molecule has 5 heterocycles. The van der Waals surface area contributed by atoms with Crippen LogP contribution < -0.4 is 4.57 Å². The van der Waals surface area contributed by atoms with Gasteiger partial charge in [-0.1, -0.05) is 52.5 Å². The molecule has 7 heteroatoms. The topological polar surface area (TPSA) is 46.1 Å². The maximum Gasteiger partial charge on any atom is 0.380 e. The fourth-order valence-electron chi connectivity index (χ4n) is 8.02. The average molecular weight is 536 g/mol. The van der Waals surface area contributed by atoms with E-state index in [-0.39, 0.29) is 17.4 Å². The second kappa shape index (κ2) is 9.90. The maximum atomic E-state index is 16.0. The third kappa shape index (κ3) is 4.23. The van der Waals surface area contributed by atoms with E-state index in [0.29, 0.717) is 36.1 Å². The number of carbonyl (C=O) groups is 1. The van der Waals surface area contributed by atoms with Gasteiger partial charge in [-0.15, -0.1) is 0 Å². The Hall–Kier alpha value is -2.96. The van der Waals surface area contributed by atoms with Gasteiger partial charge in [-0.3, -0.25) is 0 Å². The van der Waals surface area contributed by atoms with Crippen LogP contribution in [-0.4, -0.2) is 33.8 Å². The quantitative estimate of drug-likeness (QED) is 0.263. The molecule has 2 aromatic rings. The third-order valence-electron chi connectivity index (χ3n) is 9.86. The number of nitrogens with zero attached hydrogens (tertiary/aromatic N) is 3. The van der Waals surface area contributed by atoms with Crippen LogP contribution in [0.4, 0.5) is 8.78 Å². The van der Waals surface area contributed by atoms with E-state index in [1.165, 1.54) is 38.2 Å². The highest BCUT2D eigenvalue weighted by atomic mass is 19.1. The van der Waals surface area contributed by atoms with Gasteiger partial charge in [0, 0.05) is 18.6 Å². The summed E-state index contributed by atoms with van der Waals surface area (Å²) in [6.07, 6.45) is 16.8. The first-order valence-electron chi connectivity index (χ1n) is 14.7. The number of morpholine rings is 1. The molecule has 0 radical (unpaired) electrons. The molecular weight excluding hydrogens is 496 g/mol. The van der Waals surface area contributed by atoms with E-state index in [0.717, 1.165) is 18.4 Å². The number of hydrogen-bond donors (Lipinski definition) is 0. The van der Waals surface area contributed by atoms with E-state index in [1.807, 2.05) is 35.2 Å². The highest BCUT2D eigenvalue weighted by Gasteiger charge is 2.64. The Kier molecular flexibility index (Phi) is 6.67. The highest BCUT2D eigenvalue weighted by Crippen LogP contribution is 2.50. The standard InChI is InChI=1S/C32H39F2N3O2/c1-4-13-32(5-2)22-19-25(33)35-28(34)26(22)24-18-21(20-31(3)14-8-6-9-15-31)12-17-37(24)29-27(32)36-16-10-7-11-23(36)30(38)39-29/h7,10,12,16-19,23,27,29H,4-6,8-9,11,13-15,20H2,1-3H3/q+2. The number of carbonyl (C=O) groups excluding carboxylic acids is 1. The Bertz CT molecular complexity index is 1360. The van der Waals surface area contributed by atoms with Crippen molar-refractivity contribution in [3.8, 4) is 11.3 Å². The average Bonchev–Trinajstić information content (AvgIpc) is 3.01. The zero-order valence-electron chi connectivity index (χ0n) is 23.3. The number of aromatic nitrogens is 2. The van der Waals surface area contributed by atoms with Gasteiger partial charge in [0.15, 0.2) is 12.4 Å². The van der Waals surface area contributed by atoms with Crippen LogP contribution in [0.3, 0.4) is 0 Å². The van der Waals surface area contributed by atoms with Gasteiger partial charge >= 0.3 is 12.2 Å². The molecule has 1 saturated carbocycles. The van der Waals surface area contributed by atoms with Crippen LogP contribution in [0.15, 0.2) is 36.5 Å². The van der Waals surface area contributed by atoms with Crippen molar-refractivity contribution in [2.24, 2.45) is 5.41 Å². The molecule has 0 spiro atoms. The van der Waals surface area contributed by atoms with E-state index >= 15 is 4.39 Å². The summed E-state index contributed by atoms with van der Waals surface area (Å²) >= 11 is 0. The Balaban J connectivity index is 1.62. The Morgan fingerprint density at radius 1 is 1.15 bits per heavy atom.